The lowest BCUT2D eigenvalue weighted by molar-refractivity contribution is 0.319. The van der Waals surface area contributed by atoms with Gasteiger partial charge in [0, 0.05) is 13.1 Å². The van der Waals surface area contributed by atoms with Gasteiger partial charge in [0.15, 0.2) is 0 Å². The number of sulfonamides is 1. The van der Waals surface area contributed by atoms with E-state index in [2.05, 4.69) is 4.99 Å². The molecule has 2 rings (SSSR count). The minimum Gasteiger partial charge on any atom is -0.211 e. The summed E-state index contributed by atoms with van der Waals surface area (Å²) < 4.78 is 52.2. The van der Waals surface area contributed by atoms with Gasteiger partial charge >= 0.3 is 0 Å². The highest BCUT2D eigenvalue weighted by Gasteiger charge is 2.31. The molecule has 0 unspecified atom stereocenters. The van der Waals surface area contributed by atoms with Gasteiger partial charge in [-0.1, -0.05) is 0 Å². The van der Waals surface area contributed by atoms with Crippen molar-refractivity contribution in [3.63, 3.8) is 0 Å². The number of halogens is 2. The summed E-state index contributed by atoms with van der Waals surface area (Å²) >= 11 is 0. The third kappa shape index (κ3) is 2.92. The Bertz CT molecular complexity index is 649. The van der Waals surface area contributed by atoms with Crippen molar-refractivity contribution in [2.75, 3.05) is 13.1 Å². The zero-order valence-electron chi connectivity index (χ0n) is 10.4. The second-order valence-electron chi connectivity index (χ2n) is 4.43. The summed E-state index contributed by atoms with van der Waals surface area (Å²) in [5.41, 5.74) is 0. The second kappa shape index (κ2) is 5.78. The Labute approximate surface area is 115 Å². The molecule has 1 aromatic carbocycles. The maximum Gasteiger partial charge on any atom is 0.246 e. The second-order valence-corrected chi connectivity index (χ2v) is 6.34. The molecule has 1 aromatic rings. The highest BCUT2D eigenvalue weighted by atomic mass is 32.2. The Morgan fingerprint density at radius 2 is 1.90 bits per heavy atom. The summed E-state index contributed by atoms with van der Waals surface area (Å²) in [4.78, 5) is 13.0. The fraction of sp³-hybridized carbons (Fsp3) is 0.417. The number of aliphatic imine (C=N–C) groups is 1. The van der Waals surface area contributed by atoms with Gasteiger partial charge in [-0.25, -0.2) is 27.0 Å². The number of piperidine rings is 1. The predicted octanol–water partition coefficient (Wildman–Crippen LogP) is 1.45. The van der Waals surface area contributed by atoms with Crippen molar-refractivity contribution in [3.8, 4) is 0 Å². The van der Waals surface area contributed by atoms with Crippen LogP contribution >= 0.6 is 0 Å². The summed E-state index contributed by atoms with van der Waals surface area (Å²) in [5, 5.41) is 0. The van der Waals surface area contributed by atoms with Gasteiger partial charge in [0.25, 0.3) is 0 Å². The molecular weight excluding hydrogens is 290 g/mol. The molecule has 5 nitrogen and oxygen atoms in total. The molecule has 1 heterocycles. The van der Waals surface area contributed by atoms with Crippen LogP contribution in [0.3, 0.4) is 0 Å². The number of hydrogen-bond donors (Lipinski definition) is 0. The average Bonchev–Trinajstić information content (AvgIpc) is 2.42. The number of hydrogen-bond acceptors (Lipinski definition) is 4. The molecule has 0 bridgehead atoms. The SMILES string of the molecule is O=C=NC1CCN(S(=O)(=O)c2cc(F)ccc2F)CC1. The Morgan fingerprint density at radius 1 is 1.25 bits per heavy atom. The molecule has 1 fully saturated rings. The van der Waals surface area contributed by atoms with Gasteiger partial charge in [-0.3, -0.25) is 0 Å². The van der Waals surface area contributed by atoms with Crippen LogP contribution < -0.4 is 0 Å². The van der Waals surface area contributed by atoms with E-state index >= 15 is 0 Å². The molecule has 0 spiro atoms. The molecule has 0 aromatic heterocycles. The minimum absolute atomic E-state index is 0.105. The quantitative estimate of drug-likeness (QED) is 0.627. The van der Waals surface area contributed by atoms with Crippen LogP contribution in [0.25, 0.3) is 0 Å². The lowest BCUT2D eigenvalue weighted by Crippen LogP contribution is -2.39. The largest absolute Gasteiger partial charge is 0.246 e. The van der Waals surface area contributed by atoms with E-state index in [9.17, 15) is 22.0 Å². The van der Waals surface area contributed by atoms with E-state index in [4.69, 9.17) is 0 Å². The van der Waals surface area contributed by atoms with Gasteiger partial charge in [0.1, 0.15) is 16.5 Å². The van der Waals surface area contributed by atoms with Crippen LogP contribution in [0.4, 0.5) is 8.78 Å². The van der Waals surface area contributed by atoms with E-state index in [1.54, 1.807) is 0 Å². The molecule has 108 valence electrons. The Balaban J connectivity index is 2.24. The molecule has 20 heavy (non-hydrogen) atoms. The van der Waals surface area contributed by atoms with Crippen LogP contribution in [0.5, 0.6) is 0 Å². The van der Waals surface area contributed by atoms with E-state index in [0.29, 0.717) is 18.9 Å². The zero-order chi connectivity index (χ0) is 14.8. The third-order valence-corrected chi connectivity index (χ3v) is 5.08. The van der Waals surface area contributed by atoms with E-state index in [1.165, 1.54) is 6.08 Å². The first-order valence-electron chi connectivity index (χ1n) is 5.97. The first-order chi connectivity index (χ1) is 9.45. The van der Waals surface area contributed by atoms with Crippen LogP contribution in [0.2, 0.25) is 0 Å². The molecule has 1 saturated heterocycles. The first-order valence-corrected chi connectivity index (χ1v) is 7.41. The van der Waals surface area contributed by atoms with Gasteiger partial charge in [-0.15, -0.1) is 0 Å². The molecule has 0 aliphatic carbocycles. The molecule has 1 aliphatic heterocycles. The van der Waals surface area contributed by atoms with E-state index < -0.39 is 26.6 Å². The molecule has 0 radical (unpaired) electrons. The van der Waals surface area contributed by atoms with Gasteiger partial charge in [0.05, 0.1) is 6.04 Å². The van der Waals surface area contributed by atoms with E-state index in [1.807, 2.05) is 0 Å². The summed E-state index contributed by atoms with van der Waals surface area (Å²) in [6.07, 6.45) is 2.14. The van der Waals surface area contributed by atoms with Crippen molar-refractivity contribution in [2.45, 2.75) is 23.8 Å². The maximum atomic E-state index is 13.6. The molecular formula is C12H12F2N2O3S. The summed E-state index contributed by atoms with van der Waals surface area (Å²) in [6, 6.07) is 2.04. The Hall–Kier alpha value is -1.63. The van der Waals surface area contributed by atoms with Crippen molar-refractivity contribution in [2.24, 2.45) is 4.99 Å². The van der Waals surface area contributed by atoms with Gasteiger partial charge in [0.2, 0.25) is 16.1 Å². The fourth-order valence-electron chi connectivity index (χ4n) is 2.10. The number of nitrogens with zero attached hydrogens (tertiary/aromatic N) is 2. The summed E-state index contributed by atoms with van der Waals surface area (Å²) in [5.74, 6) is -1.80. The van der Waals surface area contributed by atoms with Gasteiger partial charge < -0.3 is 0 Å². The predicted molar refractivity (Wildman–Crippen MR) is 66.3 cm³/mol. The first kappa shape index (κ1) is 14.8. The monoisotopic (exact) mass is 302 g/mol. The van der Waals surface area contributed by atoms with E-state index in [0.717, 1.165) is 16.4 Å². The summed E-state index contributed by atoms with van der Waals surface area (Å²) in [7, 11) is -4.08. The van der Waals surface area contributed by atoms with Crippen LogP contribution in [0.15, 0.2) is 28.1 Å². The molecule has 0 amide bonds. The van der Waals surface area contributed by atoms with Crippen LogP contribution in [0, 0.1) is 11.6 Å². The molecule has 0 atom stereocenters. The zero-order valence-corrected chi connectivity index (χ0v) is 11.2. The average molecular weight is 302 g/mol. The number of rotatable bonds is 3. The van der Waals surface area contributed by atoms with Crippen LogP contribution in [0.1, 0.15) is 12.8 Å². The van der Waals surface area contributed by atoms with Crippen molar-refractivity contribution in [1.29, 1.82) is 0 Å². The topological polar surface area (TPSA) is 66.8 Å². The number of isocyanates is 1. The lowest BCUT2D eigenvalue weighted by atomic mass is 10.1. The van der Waals surface area contributed by atoms with E-state index in [-0.39, 0.29) is 19.1 Å². The van der Waals surface area contributed by atoms with Gasteiger partial charge in [-0.2, -0.15) is 4.31 Å². The van der Waals surface area contributed by atoms with Crippen molar-refractivity contribution in [3.05, 3.63) is 29.8 Å². The fourth-order valence-corrected chi connectivity index (χ4v) is 3.65. The standard InChI is InChI=1S/C12H12F2N2O3S/c13-9-1-2-11(14)12(7-9)20(18,19)16-5-3-10(4-6-16)15-8-17/h1-2,7,10H,3-6H2. The minimum atomic E-state index is -4.08. The van der Waals surface area contributed by atoms with Crippen molar-refractivity contribution < 1.29 is 22.0 Å². The van der Waals surface area contributed by atoms with Crippen LogP contribution in [-0.4, -0.2) is 37.9 Å². The van der Waals surface area contributed by atoms with Gasteiger partial charge in [-0.05, 0) is 31.0 Å². The molecule has 8 heteroatoms. The molecule has 0 N–H and O–H groups in total. The third-order valence-electron chi connectivity index (χ3n) is 3.17. The molecule has 0 saturated carbocycles. The number of benzene rings is 1. The Kier molecular flexibility index (Phi) is 4.27. The lowest BCUT2D eigenvalue weighted by Gasteiger charge is -2.28. The van der Waals surface area contributed by atoms with Crippen LogP contribution in [-0.2, 0) is 14.8 Å². The Morgan fingerprint density at radius 3 is 2.50 bits per heavy atom. The highest BCUT2D eigenvalue weighted by molar-refractivity contribution is 7.89. The van der Waals surface area contributed by atoms with Crippen molar-refractivity contribution >= 4 is 16.1 Å². The maximum absolute atomic E-state index is 13.6. The molecule has 1 aliphatic rings. The number of carbonyl (C=O) groups excluding carboxylic acids is 1. The smallest absolute Gasteiger partial charge is 0.211 e. The van der Waals surface area contributed by atoms with Crippen molar-refractivity contribution in [1.82, 2.24) is 4.31 Å². The highest BCUT2D eigenvalue weighted by Crippen LogP contribution is 2.24. The summed E-state index contributed by atoms with van der Waals surface area (Å²) in [6.45, 7) is 0.211. The normalized spacial score (nSPS) is 17.7.